The highest BCUT2D eigenvalue weighted by Crippen LogP contribution is 2.26. The fourth-order valence-electron chi connectivity index (χ4n) is 2.10. The molecule has 0 aliphatic rings. The lowest BCUT2D eigenvalue weighted by atomic mass is 10.1. The van der Waals surface area contributed by atoms with Gasteiger partial charge in [0.1, 0.15) is 0 Å². The molecule has 0 saturated carbocycles. The second-order valence-corrected chi connectivity index (χ2v) is 9.51. The van der Waals surface area contributed by atoms with Gasteiger partial charge in [0.15, 0.2) is 0 Å². The first-order chi connectivity index (χ1) is 10.5. The number of rotatable bonds is 13. The van der Waals surface area contributed by atoms with E-state index in [4.69, 9.17) is 13.3 Å². The third kappa shape index (κ3) is 7.87. The van der Waals surface area contributed by atoms with Crippen LogP contribution in [0.1, 0.15) is 52.4 Å². The minimum absolute atomic E-state index is 0.0925. The summed E-state index contributed by atoms with van der Waals surface area (Å²) in [4.78, 5) is 23.8. The Balaban J connectivity index is 4.35. The van der Waals surface area contributed by atoms with E-state index in [1.807, 2.05) is 6.92 Å². The largest absolute Gasteiger partial charge is 0.500 e. The summed E-state index contributed by atoms with van der Waals surface area (Å²) in [6.07, 6.45) is 4.75. The summed E-state index contributed by atoms with van der Waals surface area (Å²) < 4.78 is 16.1. The molecule has 0 aliphatic heterocycles. The fourth-order valence-corrected chi connectivity index (χ4v) is 5.06. The summed E-state index contributed by atoms with van der Waals surface area (Å²) in [6.45, 7) is 4.09. The molecule has 7 heteroatoms. The first kappa shape index (κ1) is 21.8. The molecule has 0 radical (unpaired) electrons. The van der Waals surface area contributed by atoms with E-state index in [1.165, 1.54) is 0 Å². The van der Waals surface area contributed by atoms with Crippen molar-refractivity contribution in [3.63, 3.8) is 0 Å². The van der Waals surface area contributed by atoms with Crippen LogP contribution in [0.15, 0.2) is 0 Å². The van der Waals surface area contributed by atoms with Crippen molar-refractivity contribution >= 4 is 31.5 Å². The summed E-state index contributed by atoms with van der Waals surface area (Å²) in [5.41, 5.74) is 0. The van der Waals surface area contributed by atoms with Gasteiger partial charge >= 0.3 is 8.80 Å². The number of carbonyl (C=O) groups excluding carboxylic acids is 2. The SMILES string of the molecule is CCCCCC(=O)C(=O)SC(CC)CC[Si](OC)(OC)OC. The molecule has 5 nitrogen and oxygen atoms in total. The number of Topliss-reactive ketones (excluding diaryl/α,β-unsaturated/α-hetero) is 1. The van der Waals surface area contributed by atoms with Gasteiger partial charge in [0.05, 0.1) is 0 Å². The van der Waals surface area contributed by atoms with Crippen LogP contribution >= 0.6 is 11.8 Å². The van der Waals surface area contributed by atoms with Crippen LogP contribution in [0.5, 0.6) is 0 Å². The van der Waals surface area contributed by atoms with Gasteiger partial charge < -0.3 is 13.3 Å². The van der Waals surface area contributed by atoms with Crippen molar-refractivity contribution < 1.29 is 22.9 Å². The molecule has 0 heterocycles. The zero-order valence-corrected chi connectivity index (χ0v) is 16.3. The molecule has 0 spiro atoms. The highest BCUT2D eigenvalue weighted by atomic mass is 32.2. The summed E-state index contributed by atoms with van der Waals surface area (Å²) in [5, 5.41) is -0.225. The smallest absolute Gasteiger partial charge is 0.377 e. The molecule has 0 aliphatic carbocycles. The fraction of sp³-hybridized carbons (Fsp3) is 0.867. The second kappa shape index (κ2) is 12.2. The van der Waals surface area contributed by atoms with Crippen LogP contribution in [0.3, 0.4) is 0 Å². The number of carbonyl (C=O) groups is 2. The summed E-state index contributed by atoms with van der Waals surface area (Å²) in [5.74, 6) is -0.259. The Bertz CT molecular complexity index is 326. The number of hydrogen-bond donors (Lipinski definition) is 0. The van der Waals surface area contributed by atoms with Crippen molar-refractivity contribution in [1.29, 1.82) is 0 Å². The van der Waals surface area contributed by atoms with Crippen molar-refractivity contribution in [2.24, 2.45) is 0 Å². The molecule has 0 N–H and O–H groups in total. The van der Waals surface area contributed by atoms with E-state index in [9.17, 15) is 9.59 Å². The number of hydrogen-bond acceptors (Lipinski definition) is 6. The number of ketones is 1. The van der Waals surface area contributed by atoms with E-state index in [0.29, 0.717) is 12.5 Å². The molecule has 0 amide bonds. The maximum absolute atomic E-state index is 12.0. The Morgan fingerprint density at radius 2 is 1.64 bits per heavy atom. The van der Waals surface area contributed by atoms with Crippen molar-refractivity contribution in [1.82, 2.24) is 0 Å². The average molecular weight is 351 g/mol. The van der Waals surface area contributed by atoms with Crippen LogP contribution in [0.4, 0.5) is 0 Å². The molecule has 0 bridgehead atoms. The van der Waals surface area contributed by atoms with Gasteiger partial charge in [0, 0.05) is 39.0 Å². The van der Waals surface area contributed by atoms with Crippen LogP contribution in [-0.2, 0) is 22.9 Å². The molecule has 0 aromatic carbocycles. The van der Waals surface area contributed by atoms with E-state index >= 15 is 0 Å². The quantitative estimate of drug-likeness (QED) is 0.288. The molecular weight excluding hydrogens is 320 g/mol. The summed E-state index contributed by atoms with van der Waals surface area (Å²) in [6, 6.07) is 0.638. The normalized spacial score (nSPS) is 13.1. The van der Waals surface area contributed by atoms with E-state index in [2.05, 4.69) is 6.92 Å². The average Bonchev–Trinajstić information content (AvgIpc) is 2.55. The maximum atomic E-state index is 12.0. The first-order valence-electron chi connectivity index (χ1n) is 7.87. The maximum Gasteiger partial charge on any atom is 0.500 e. The summed E-state index contributed by atoms with van der Waals surface area (Å²) >= 11 is 1.15. The number of unbranched alkanes of at least 4 members (excludes halogenated alkanes) is 2. The molecule has 1 atom stereocenters. The Morgan fingerprint density at radius 3 is 2.09 bits per heavy atom. The van der Waals surface area contributed by atoms with Gasteiger partial charge in [-0.05, 0) is 19.3 Å². The van der Waals surface area contributed by atoms with Gasteiger partial charge in [-0.25, -0.2) is 0 Å². The van der Waals surface area contributed by atoms with Crippen LogP contribution in [0, 0.1) is 0 Å². The topological polar surface area (TPSA) is 61.8 Å². The van der Waals surface area contributed by atoms with E-state index in [0.717, 1.165) is 43.9 Å². The van der Waals surface area contributed by atoms with Gasteiger partial charge in [-0.2, -0.15) is 0 Å². The standard InChI is InChI=1S/C15H30O5SSi/c1-6-8-9-10-14(16)15(17)21-13(7-2)11-12-22(18-3,19-4)20-5/h13H,6-12H2,1-5H3. The van der Waals surface area contributed by atoms with Crippen molar-refractivity contribution in [2.45, 2.75) is 63.7 Å². The number of thioether (sulfide) groups is 1. The van der Waals surface area contributed by atoms with Crippen LogP contribution in [-0.4, -0.2) is 46.3 Å². The molecular formula is C15H30O5SSi. The van der Waals surface area contributed by atoms with Crippen LogP contribution in [0.25, 0.3) is 0 Å². The van der Waals surface area contributed by atoms with Gasteiger partial charge in [-0.3, -0.25) is 9.59 Å². The predicted octanol–water partition coefficient (Wildman–Crippen LogP) is 3.44. The van der Waals surface area contributed by atoms with Crippen LogP contribution < -0.4 is 0 Å². The molecule has 0 aromatic rings. The molecule has 1 unspecified atom stereocenters. The van der Waals surface area contributed by atoms with E-state index < -0.39 is 8.80 Å². The zero-order valence-electron chi connectivity index (χ0n) is 14.5. The van der Waals surface area contributed by atoms with Crippen molar-refractivity contribution in [3.05, 3.63) is 0 Å². The molecule has 0 aromatic heterocycles. The third-order valence-corrected chi connectivity index (χ3v) is 7.78. The van der Waals surface area contributed by atoms with Gasteiger partial charge in [0.2, 0.25) is 5.78 Å². The first-order valence-corrected chi connectivity index (χ1v) is 10.7. The minimum Gasteiger partial charge on any atom is -0.377 e. The lowest BCUT2D eigenvalue weighted by Gasteiger charge is -2.25. The Labute approximate surface area is 139 Å². The highest BCUT2D eigenvalue weighted by molar-refractivity contribution is 8.15. The molecule has 0 saturated heterocycles. The van der Waals surface area contributed by atoms with Gasteiger partial charge in [-0.1, -0.05) is 38.5 Å². The predicted molar refractivity (Wildman–Crippen MR) is 92.0 cm³/mol. The zero-order chi connectivity index (χ0) is 17.0. The molecule has 0 fully saturated rings. The van der Waals surface area contributed by atoms with Gasteiger partial charge in [-0.15, -0.1) is 0 Å². The van der Waals surface area contributed by atoms with E-state index in [1.54, 1.807) is 21.3 Å². The molecule has 22 heavy (non-hydrogen) atoms. The summed E-state index contributed by atoms with van der Waals surface area (Å²) in [7, 11) is 2.13. The molecule has 130 valence electrons. The van der Waals surface area contributed by atoms with Crippen molar-refractivity contribution in [2.75, 3.05) is 21.3 Å². The van der Waals surface area contributed by atoms with Crippen LogP contribution in [0.2, 0.25) is 6.04 Å². The Morgan fingerprint density at radius 1 is 1.05 bits per heavy atom. The minimum atomic E-state index is -2.61. The van der Waals surface area contributed by atoms with Crippen molar-refractivity contribution in [3.8, 4) is 0 Å². The van der Waals surface area contributed by atoms with Gasteiger partial charge in [0.25, 0.3) is 5.12 Å². The lowest BCUT2D eigenvalue weighted by molar-refractivity contribution is -0.131. The second-order valence-electron chi connectivity index (χ2n) is 5.15. The Kier molecular flexibility index (Phi) is 12.1. The lowest BCUT2D eigenvalue weighted by Crippen LogP contribution is -2.43. The van der Waals surface area contributed by atoms with E-state index in [-0.39, 0.29) is 16.1 Å². The third-order valence-electron chi connectivity index (χ3n) is 3.67. The Hall–Kier alpha value is -0.213. The molecule has 0 rings (SSSR count). The highest BCUT2D eigenvalue weighted by Gasteiger charge is 2.38. The monoisotopic (exact) mass is 350 g/mol.